The molecule has 1 aromatic carbocycles. The number of amides is 1. The van der Waals surface area contributed by atoms with Gasteiger partial charge in [-0.15, -0.1) is 0 Å². The third-order valence-electron chi connectivity index (χ3n) is 2.98. The normalized spacial score (nSPS) is 10.2. The van der Waals surface area contributed by atoms with Crippen molar-refractivity contribution in [1.29, 1.82) is 0 Å². The molecule has 1 aromatic heterocycles. The number of anilines is 2. The van der Waals surface area contributed by atoms with E-state index < -0.39 is 0 Å². The minimum atomic E-state index is -0.165. The van der Waals surface area contributed by atoms with Gasteiger partial charge in [0.25, 0.3) is 5.91 Å². The number of pyridine rings is 1. The molecule has 20 heavy (non-hydrogen) atoms. The molecule has 0 atom stereocenters. The molecule has 0 fully saturated rings. The molecule has 0 radical (unpaired) electrons. The Morgan fingerprint density at radius 1 is 1.20 bits per heavy atom. The van der Waals surface area contributed by atoms with E-state index in [-0.39, 0.29) is 5.91 Å². The van der Waals surface area contributed by atoms with Gasteiger partial charge < -0.3 is 10.6 Å². The zero-order valence-corrected chi connectivity index (χ0v) is 13.2. The maximum absolute atomic E-state index is 12.1. The van der Waals surface area contributed by atoms with E-state index in [0.29, 0.717) is 5.56 Å². The van der Waals surface area contributed by atoms with Crippen LogP contribution >= 0.6 is 15.9 Å². The number of rotatable bonds is 3. The van der Waals surface area contributed by atoms with Crippen LogP contribution in [0, 0.1) is 13.8 Å². The highest BCUT2D eigenvalue weighted by atomic mass is 79.9. The number of carbonyl (C=O) groups excluding carboxylic acids is 1. The molecule has 2 aromatic rings. The van der Waals surface area contributed by atoms with Crippen LogP contribution in [0.2, 0.25) is 0 Å². The van der Waals surface area contributed by atoms with Gasteiger partial charge in [-0.3, -0.25) is 4.79 Å². The number of nitrogens with one attached hydrogen (secondary N) is 2. The Bertz CT molecular complexity index is 615. The fraction of sp³-hybridized carbons (Fsp3) is 0.200. The minimum absolute atomic E-state index is 0.165. The topological polar surface area (TPSA) is 54.0 Å². The lowest BCUT2D eigenvalue weighted by molar-refractivity contribution is 0.102. The first-order valence-corrected chi connectivity index (χ1v) is 7.02. The molecule has 0 saturated carbocycles. The summed E-state index contributed by atoms with van der Waals surface area (Å²) < 4.78 is 1.07. The first-order chi connectivity index (χ1) is 9.51. The van der Waals surface area contributed by atoms with Crippen molar-refractivity contribution in [2.45, 2.75) is 13.8 Å². The smallest absolute Gasteiger partial charge is 0.257 e. The molecule has 0 aliphatic carbocycles. The highest BCUT2D eigenvalue weighted by molar-refractivity contribution is 9.10. The van der Waals surface area contributed by atoms with Gasteiger partial charge in [-0.2, -0.15) is 0 Å². The van der Waals surface area contributed by atoms with Crippen molar-refractivity contribution in [3.63, 3.8) is 0 Å². The van der Waals surface area contributed by atoms with Crippen LogP contribution in [0.1, 0.15) is 21.5 Å². The van der Waals surface area contributed by atoms with Crippen LogP contribution in [0.25, 0.3) is 0 Å². The maximum atomic E-state index is 12.1. The molecule has 2 N–H and O–H groups in total. The van der Waals surface area contributed by atoms with Crippen molar-refractivity contribution in [2.75, 3.05) is 17.7 Å². The lowest BCUT2D eigenvalue weighted by atomic mass is 10.1. The summed E-state index contributed by atoms with van der Waals surface area (Å²) in [5, 5.41) is 5.80. The SMILES string of the molecule is CNc1ccc(C(=O)Nc2cc(C)c(Br)c(C)c2)cn1. The van der Waals surface area contributed by atoms with Crippen LogP contribution in [0.3, 0.4) is 0 Å². The van der Waals surface area contributed by atoms with E-state index in [1.807, 2.05) is 26.0 Å². The zero-order chi connectivity index (χ0) is 14.7. The maximum Gasteiger partial charge on any atom is 0.257 e. The summed E-state index contributed by atoms with van der Waals surface area (Å²) in [6.45, 7) is 3.99. The van der Waals surface area contributed by atoms with Crippen LogP contribution in [-0.4, -0.2) is 17.9 Å². The summed E-state index contributed by atoms with van der Waals surface area (Å²) in [5.74, 6) is 0.568. The first-order valence-electron chi connectivity index (χ1n) is 6.23. The number of aryl methyl sites for hydroxylation is 2. The lowest BCUT2D eigenvalue weighted by Crippen LogP contribution is -2.12. The molecule has 0 spiro atoms. The Hall–Kier alpha value is -1.88. The molecule has 4 nitrogen and oxygen atoms in total. The van der Waals surface area contributed by atoms with Crippen LogP contribution in [0.5, 0.6) is 0 Å². The highest BCUT2D eigenvalue weighted by Crippen LogP contribution is 2.25. The van der Waals surface area contributed by atoms with E-state index in [2.05, 4.69) is 31.5 Å². The summed E-state index contributed by atoms with van der Waals surface area (Å²) in [7, 11) is 1.79. The van der Waals surface area contributed by atoms with Crippen LogP contribution in [0.4, 0.5) is 11.5 Å². The molecule has 0 aliphatic heterocycles. The Labute approximate surface area is 126 Å². The van der Waals surface area contributed by atoms with Crippen LogP contribution < -0.4 is 10.6 Å². The van der Waals surface area contributed by atoms with Crippen molar-refractivity contribution in [3.8, 4) is 0 Å². The van der Waals surface area contributed by atoms with E-state index in [9.17, 15) is 4.79 Å². The second-order valence-corrected chi connectivity index (χ2v) is 5.35. The fourth-order valence-electron chi connectivity index (χ4n) is 1.90. The molecule has 2 rings (SSSR count). The van der Waals surface area contributed by atoms with Crippen LogP contribution in [-0.2, 0) is 0 Å². The predicted octanol–water partition coefficient (Wildman–Crippen LogP) is 3.75. The molecular formula is C15H16BrN3O. The van der Waals surface area contributed by atoms with E-state index >= 15 is 0 Å². The minimum Gasteiger partial charge on any atom is -0.373 e. The molecule has 0 aliphatic rings. The average molecular weight is 334 g/mol. The van der Waals surface area contributed by atoms with Crippen molar-refractivity contribution < 1.29 is 4.79 Å². The van der Waals surface area contributed by atoms with E-state index in [1.165, 1.54) is 0 Å². The van der Waals surface area contributed by atoms with Gasteiger partial charge in [0.05, 0.1) is 5.56 Å². The van der Waals surface area contributed by atoms with Gasteiger partial charge in [0.1, 0.15) is 5.82 Å². The zero-order valence-electron chi connectivity index (χ0n) is 11.6. The first kappa shape index (κ1) is 14.5. The predicted molar refractivity (Wildman–Crippen MR) is 85.4 cm³/mol. The number of carbonyl (C=O) groups is 1. The lowest BCUT2D eigenvalue weighted by Gasteiger charge is -2.10. The summed E-state index contributed by atoms with van der Waals surface area (Å²) >= 11 is 3.51. The fourth-order valence-corrected chi connectivity index (χ4v) is 2.13. The number of aromatic nitrogens is 1. The number of nitrogens with zero attached hydrogens (tertiary/aromatic N) is 1. The molecule has 0 saturated heterocycles. The molecule has 1 heterocycles. The van der Waals surface area contributed by atoms with Crippen molar-refractivity contribution >= 4 is 33.3 Å². The quantitative estimate of drug-likeness (QED) is 0.899. The molecule has 0 bridgehead atoms. The van der Waals surface area contributed by atoms with Crippen LogP contribution in [0.15, 0.2) is 34.9 Å². The van der Waals surface area contributed by atoms with Gasteiger partial charge in [-0.25, -0.2) is 4.98 Å². The summed E-state index contributed by atoms with van der Waals surface area (Å²) in [4.78, 5) is 16.3. The Morgan fingerprint density at radius 3 is 2.35 bits per heavy atom. The molecule has 104 valence electrons. The van der Waals surface area contributed by atoms with Crippen molar-refractivity contribution in [1.82, 2.24) is 4.98 Å². The third-order valence-corrected chi connectivity index (χ3v) is 4.23. The van der Waals surface area contributed by atoms with Crippen molar-refractivity contribution in [3.05, 3.63) is 51.6 Å². The molecule has 1 amide bonds. The van der Waals surface area contributed by atoms with Gasteiger partial charge in [-0.05, 0) is 49.2 Å². The largest absolute Gasteiger partial charge is 0.373 e. The summed E-state index contributed by atoms with van der Waals surface area (Å²) in [6, 6.07) is 7.38. The second-order valence-electron chi connectivity index (χ2n) is 4.56. The summed E-state index contributed by atoms with van der Waals surface area (Å²) in [5.41, 5.74) is 3.49. The molecule has 0 unspecified atom stereocenters. The van der Waals surface area contributed by atoms with E-state index in [0.717, 1.165) is 27.1 Å². The number of hydrogen-bond donors (Lipinski definition) is 2. The Kier molecular flexibility index (Phi) is 4.39. The number of benzene rings is 1. The summed E-state index contributed by atoms with van der Waals surface area (Å²) in [6.07, 6.45) is 1.56. The van der Waals surface area contributed by atoms with Gasteiger partial charge in [-0.1, -0.05) is 15.9 Å². The Balaban J connectivity index is 2.18. The standard InChI is InChI=1S/C15H16BrN3O/c1-9-6-12(7-10(2)14(9)16)19-15(20)11-4-5-13(17-3)18-8-11/h4-8H,1-3H3,(H,17,18)(H,19,20). The molecule has 5 heteroatoms. The number of hydrogen-bond acceptors (Lipinski definition) is 3. The average Bonchev–Trinajstić information content (AvgIpc) is 2.44. The molecular weight excluding hydrogens is 318 g/mol. The monoisotopic (exact) mass is 333 g/mol. The number of halogens is 1. The highest BCUT2D eigenvalue weighted by Gasteiger charge is 2.08. The third kappa shape index (κ3) is 3.17. The Morgan fingerprint density at radius 2 is 1.85 bits per heavy atom. The van der Waals surface area contributed by atoms with Gasteiger partial charge in [0.2, 0.25) is 0 Å². The second kappa shape index (κ2) is 6.05. The van der Waals surface area contributed by atoms with Crippen molar-refractivity contribution in [2.24, 2.45) is 0 Å². The van der Waals surface area contributed by atoms with E-state index in [4.69, 9.17) is 0 Å². The van der Waals surface area contributed by atoms with Gasteiger partial charge in [0, 0.05) is 23.4 Å². The van der Waals surface area contributed by atoms with Gasteiger partial charge >= 0.3 is 0 Å². The van der Waals surface area contributed by atoms with E-state index in [1.54, 1.807) is 25.4 Å². The van der Waals surface area contributed by atoms with Gasteiger partial charge in [0.15, 0.2) is 0 Å².